The van der Waals surface area contributed by atoms with E-state index in [1.165, 1.54) is 18.2 Å². The molecule has 2 N–H and O–H groups in total. The lowest BCUT2D eigenvalue weighted by molar-refractivity contribution is -0.166. The van der Waals surface area contributed by atoms with E-state index in [0.29, 0.717) is 45.6 Å². The van der Waals surface area contributed by atoms with Crippen LogP contribution in [0.15, 0.2) is 0 Å². The number of hydrogen-bond donors (Lipinski definition) is 2. The van der Waals surface area contributed by atoms with Crippen LogP contribution in [0.25, 0.3) is 0 Å². The third-order valence-corrected chi connectivity index (χ3v) is 12.0. The fourth-order valence-electron chi connectivity index (χ4n) is 7.96. The molecule has 1 spiro atoms. The topological polar surface area (TPSA) is 128 Å². The minimum Gasteiger partial charge on any atom is -0.390 e. The van der Waals surface area contributed by atoms with Crippen molar-refractivity contribution in [3.63, 3.8) is 0 Å². The lowest BCUT2D eigenvalue weighted by Gasteiger charge is -2.52. The van der Waals surface area contributed by atoms with E-state index in [1.54, 1.807) is 4.31 Å². The molecule has 0 radical (unpaired) electrons. The van der Waals surface area contributed by atoms with Crippen LogP contribution in [0.3, 0.4) is 0 Å². The van der Waals surface area contributed by atoms with Gasteiger partial charge in [-0.3, -0.25) is 19.2 Å². The number of carbonyl (C=O) groups is 2. The molecule has 3 saturated heterocycles. The number of hydrogen-bond acceptors (Lipinski definition) is 7. The van der Waals surface area contributed by atoms with Crippen molar-refractivity contribution in [3.8, 4) is 0 Å². The molecule has 1 aromatic heterocycles. The van der Waals surface area contributed by atoms with E-state index in [2.05, 4.69) is 28.7 Å². The number of rotatable bonds is 9. The van der Waals surface area contributed by atoms with Gasteiger partial charge in [0.2, 0.25) is 21.8 Å². The maximum atomic E-state index is 13.9. The first-order valence-electron chi connectivity index (χ1n) is 16.5. The molecule has 3 aliphatic heterocycles. The van der Waals surface area contributed by atoms with Gasteiger partial charge >= 0.3 is 0 Å². The molecule has 0 aromatic carbocycles. The summed E-state index contributed by atoms with van der Waals surface area (Å²) in [6.45, 7) is 9.90. The second-order valence-electron chi connectivity index (χ2n) is 13.5. The van der Waals surface area contributed by atoms with Crippen LogP contribution in [0.5, 0.6) is 0 Å². The van der Waals surface area contributed by atoms with Gasteiger partial charge in [-0.1, -0.05) is 32.6 Å². The summed E-state index contributed by atoms with van der Waals surface area (Å²) in [5.74, 6) is -0.163. The van der Waals surface area contributed by atoms with Crippen LogP contribution >= 0.6 is 0 Å². The Morgan fingerprint density at radius 1 is 1.02 bits per heavy atom. The highest BCUT2D eigenvalue weighted by molar-refractivity contribution is 7.88. The second kappa shape index (κ2) is 13.1. The SMILES string of the molecule is CCCCN1C(=O)C(C(O)C2CCCCC2)NC(=O)C12CCN(Cc1c(C)nn(C3CCN(S(C)(=O)=O)CC3)c1C)CC2. The molecule has 2 atom stereocenters. The van der Waals surface area contributed by atoms with Gasteiger partial charge in [-0.25, -0.2) is 12.7 Å². The standard InChI is InChI=1S/C31H52N6O5S/c1-5-6-16-36-29(39)27(28(38)24-10-8-7-9-11-24)32-30(40)31(36)14-19-34(20-15-31)21-26-22(2)33-37(23(26)3)25-12-17-35(18-13-25)43(4,41)42/h24-25,27-28,38H,5-21H2,1-4H3,(H,32,40). The van der Waals surface area contributed by atoms with Crippen molar-refractivity contribution in [2.45, 2.75) is 122 Å². The largest absolute Gasteiger partial charge is 0.390 e. The minimum absolute atomic E-state index is 0.0616. The van der Waals surface area contributed by atoms with Crippen LogP contribution in [0.4, 0.5) is 0 Å². The average molecular weight is 621 g/mol. The Bertz CT molecular complexity index is 1260. The number of carbonyl (C=O) groups excluding carboxylic acids is 2. The number of piperazine rings is 1. The Morgan fingerprint density at radius 3 is 2.28 bits per heavy atom. The molecule has 1 aromatic rings. The zero-order valence-corrected chi connectivity index (χ0v) is 27.4. The number of piperidine rings is 2. The van der Waals surface area contributed by atoms with Crippen LogP contribution in [0, 0.1) is 19.8 Å². The summed E-state index contributed by atoms with van der Waals surface area (Å²) in [5, 5.41) is 19.1. The Kier molecular flexibility index (Phi) is 9.90. The molecule has 2 unspecified atom stereocenters. The predicted molar refractivity (Wildman–Crippen MR) is 165 cm³/mol. The van der Waals surface area contributed by atoms with Gasteiger partial charge in [-0.15, -0.1) is 0 Å². The number of aryl methyl sites for hydroxylation is 1. The Hall–Kier alpha value is -2.02. The van der Waals surface area contributed by atoms with Crippen molar-refractivity contribution in [3.05, 3.63) is 17.0 Å². The van der Waals surface area contributed by atoms with Crippen LogP contribution < -0.4 is 5.32 Å². The zero-order valence-electron chi connectivity index (χ0n) is 26.6. The van der Waals surface area contributed by atoms with Gasteiger partial charge in [-0.2, -0.15) is 5.10 Å². The summed E-state index contributed by atoms with van der Waals surface area (Å²) in [7, 11) is -3.17. The summed E-state index contributed by atoms with van der Waals surface area (Å²) in [6.07, 6.45) is 9.93. The molecule has 4 aliphatic rings. The van der Waals surface area contributed by atoms with Crippen molar-refractivity contribution in [1.29, 1.82) is 0 Å². The smallest absolute Gasteiger partial charge is 0.248 e. The van der Waals surface area contributed by atoms with Gasteiger partial charge in [0.1, 0.15) is 11.6 Å². The minimum atomic E-state index is -3.17. The molecule has 12 heteroatoms. The first kappa shape index (κ1) is 32.4. The van der Waals surface area contributed by atoms with Crippen LogP contribution in [0.2, 0.25) is 0 Å². The van der Waals surface area contributed by atoms with E-state index in [9.17, 15) is 23.1 Å². The van der Waals surface area contributed by atoms with Crippen LogP contribution in [-0.4, -0.2) is 106 Å². The lowest BCUT2D eigenvalue weighted by atomic mass is 9.78. The average Bonchev–Trinajstić information content (AvgIpc) is 3.28. The van der Waals surface area contributed by atoms with Crippen molar-refractivity contribution >= 4 is 21.8 Å². The highest BCUT2D eigenvalue weighted by Crippen LogP contribution is 2.37. The number of sulfonamides is 1. The normalized spacial score (nSPS) is 25.8. The molecule has 1 aliphatic carbocycles. The van der Waals surface area contributed by atoms with Gasteiger partial charge in [0.25, 0.3) is 0 Å². The number of aliphatic hydroxyl groups is 1. The van der Waals surface area contributed by atoms with Crippen molar-refractivity contribution < 1.29 is 23.1 Å². The third-order valence-electron chi connectivity index (χ3n) is 10.7. The van der Waals surface area contributed by atoms with Gasteiger partial charge < -0.3 is 15.3 Å². The molecule has 2 amide bonds. The molecule has 4 heterocycles. The molecule has 11 nitrogen and oxygen atoms in total. The monoisotopic (exact) mass is 620 g/mol. The first-order chi connectivity index (χ1) is 20.5. The molecular weight excluding hydrogens is 568 g/mol. The van der Waals surface area contributed by atoms with Gasteiger partial charge in [0.15, 0.2) is 0 Å². The van der Waals surface area contributed by atoms with Gasteiger partial charge in [0.05, 0.1) is 24.1 Å². The summed E-state index contributed by atoms with van der Waals surface area (Å²) in [4.78, 5) is 31.9. The highest BCUT2D eigenvalue weighted by atomic mass is 32.2. The number of likely N-dealkylation sites (tertiary alicyclic amines) is 1. The fraction of sp³-hybridized carbons (Fsp3) is 0.839. The van der Waals surface area contributed by atoms with E-state index >= 15 is 0 Å². The highest BCUT2D eigenvalue weighted by Gasteiger charge is 2.55. The molecule has 0 bridgehead atoms. The number of aromatic nitrogens is 2. The molecule has 242 valence electrons. The number of amides is 2. The summed E-state index contributed by atoms with van der Waals surface area (Å²) < 4.78 is 27.5. The number of nitrogens with one attached hydrogen (secondary N) is 1. The van der Waals surface area contributed by atoms with E-state index in [1.807, 2.05) is 11.8 Å². The van der Waals surface area contributed by atoms with E-state index in [4.69, 9.17) is 5.10 Å². The first-order valence-corrected chi connectivity index (χ1v) is 18.3. The predicted octanol–water partition coefficient (Wildman–Crippen LogP) is 2.50. The van der Waals surface area contributed by atoms with Crippen molar-refractivity contribution in [1.82, 2.24) is 29.2 Å². The quantitative estimate of drug-likeness (QED) is 0.434. The van der Waals surface area contributed by atoms with Gasteiger partial charge in [0, 0.05) is 50.5 Å². The number of nitrogens with zero attached hydrogens (tertiary/aromatic N) is 5. The number of aliphatic hydroxyl groups excluding tert-OH is 1. The maximum absolute atomic E-state index is 13.9. The molecule has 1 saturated carbocycles. The van der Waals surface area contributed by atoms with Gasteiger partial charge in [-0.05, 0) is 64.7 Å². The van der Waals surface area contributed by atoms with E-state index < -0.39 is 27.7 Å². The maximum Gasteiger partial charge on any atom is 0.248 e. The van der Waals surface area contributed by atoms with E-state index in [-0.39, 0.29) is 23.8 Å². The third kappa shape index (κ3) is 6.53. The van der Waals surface area contributed by atoms with Crippen LogP contribution in [-0.2, 0) is 26.2 Å². The van der Waals surface area contributed by atoms with E-state index in [0.717, 1.165) is 69.3 Å². The Morgan fingerprint density at radius 2 is 1.67 bits per heavy atom. The van der Waals surface area contributed by atoms with Crippen LogP contribution in [0.1, 0.15) is 101 Å². The Labute approximate surface area is 257 Å². The molecule has 43 heavy (non-hydrogen) atoms. The Balaban J connectivity index is 1.25. The summed E-state index contributed by atoms with van der Waals surface area (Å²) >= 11 is 0. The lowest BCUT2D eigenvalue weighted by Crippen LogP contribution is -2.75. The summed E-state index contributed by atoms with van der Waals surface area (Å²) in [5.41, 5.74) is 2.42. The molecule has 5 rings (SSSR count). The molecular formula is C31H52N6O5S. The van der Waals surface area contributed by atoms with Crippen molar-refractivity contribution in [2.75, 3.05) is 39.0 Å². The second-order valence-corrected chi connectivity index (χ2v) is 15.5. The fourth-order valence-corrected chi connectivity index (χ4v) is 8.83. The number of unbranched alkanes of at least 4 members (excludes halogenated alkanes) is 1. The molecule has 4 fully saturated rings. The zero-order chi connectivity index (χ0) is 30.9. The summed E-state index contributed by atoms with van der Waals surface area (Å²) in [6, 6.07) is -0.674. The van der Waals surface area contributed by atoms with Crippen molar-refractivity contribution in [2.24, 2.45) is 5.92 Å².